The number of halogens is 2. The first-order valence-electron chi connectivity index (χ1n) is 6.60. The lowest BCUT2D eigenvalue weighted by Gasteiger charge is -2.13. The van der Waals surface area contributed by atoms with Crippen LogP contribution in [0, 0.1) is 13.8 Å². The van der Waals surface area contributed by atoms with Crippen molar-refractivity contribution < 1.29 is 5.11 Å². The maximum Gasteiger partial charge on any atom is 0.0846 e. The predicted octanol–water partition coefficient (Wildman–Crippen LogP) is 4.21. The molecule has 0 fully saturated rings. The summed E-state index contributed by atoms with van der Waals surface area (Å²) < 4.78 is 2.88. The molecule has 1 N–H and O–H groups in total. The minimum atomic E-state index is -0.592. The third-order valence-electron chi connectivity index (χ3n) is 3.42. The fraction of sp³-hybridized carbons (Fsp3) is 0.400. The topological polar surface area (TPSA) is 38.0 Å². The quantitative estimate of drug-likeness (QED) is 0.890. The van der Waals surface area contributed by atoms with Gasteiger partial charge in [-0.1, -0.05) is 23.7 Å². The Bertz CT molecular complexity index is 625. The Labute approximate surface area is 132 Å². The van der Waals surface area contributed by atoms with Gasteiger partial charge in [-0.25, -0.2) is 0 Å². The number of rotatable bonds is 4. The van der Waals surface area contributed by atoms with Gasteiger partial charge in [-0.2, -0.15) is 5.10 Å². The molecule has 0 aliphatic rings. The molecule has 20 heavy (non-hydrogen) atoms. The molecule has 0 saturated heterocycles. The minimum Gasteiger partial charge on any atom is -0.388 e. The van der Waals surface area contributed by atoms with Crippen LogP contribution in [0.1, 0.15) is 35.5 Å². The average Bonchev–Trinajstić information content (AvgIpc) is 2.69. The molecule has 1 atom stereocenters. The number of aliphatic hydroxyl groups excluding tert-OH is 1. The van der Waals surface area contributed by atoms with E-state index in [-0.39, 0.29) is 0 Å². The Morgan fingerprint density at radius 1 is 1.40 bits per heavy atom. The number of aliphatic hydroxyl groups is 1. The summed E-state index contributed by atoms with van der Waals surface area (Å²) in [7, 11) is 0. The van der Waals surface area contributed by atoms with Crippen LogP contribution in [0.4, 0.5) is 0 Å². The first-order valence-corrected chi connectivity index (χ1v) is 7.77. The van der Waals surface area contributed by atoms with Crippen LogP contribution in [0.3, 0.4) is 0 Å². The molecule has 1 aromatic carbocycles. The van der Waals surface area contributed by atoms with E-state index in [4.69, 9.17) is 11.6 Å². The third-order valence-corrected chi connectivity index (χ3v) is 4.86. The van der Waals surface area contributed by atoms with Gasteiger partial charge in [0.2, 0.25) is 0 Å². The van der Waals surface area contributed by atoms with Crippen molar-refractivity contribution in [2.45, 2.75) is 39.8 Å². The molecule has 0 aliphatic heterocycles. The first-order chi connectivity index (χ1) is 9.43. The number of benzene rings is 1. The van der Waals surface area contributed by atoms with Gasteiger partial charge in [0.15, 0.2) is 0 Å². The standard InChI is InChI=1S/C15H18BrClN2O/c1-4-19-13(15(16)10(3)18-19)8-14(20)11-6-5-9(2)12(17)7-11/h5-7,14,20H,4,8H2,1-3H3. The van der Waals surface area contributed by atoms with Crippen LogP contribution in [0.15, 0.2) is 22.7 Å². The highest BCUT2D eigenvalue weighted by Crippen LogP contribution is 2.28. The van der Waals surface area contributed by atoms with Crippen LogP contribution in [-0.2, 0) is 13.0 Å². The van der Waals surface area contributed by atoms with Crippen LogP contribution in [0.2, 0.25) is 5.02 Å². The largest absolute Gasteiger partial charge is 0.388 e. The highest BCUT2D eigenvalue weighted by molar-refractivity contribution is 9.10. The Hall–Kier alpha value is -0.840. The molecule has 2 aromatic rings. The molecule has 0 amide bonds. The highest BCUT2D eigenvalue weighted by atomic mass is 79.9. The van der Waals surface area contributed by atoms with Crippen molar-refractivity contribution in [3.8, 4) is 0 Å². The monoisotopic (exact) mass is 356 g/mol. The van der Waals surface area contributed by atoms with E-state index in [0.717, 1.165) is 33.5 Å². The van der Waals surface area contributed by atoms with Crippen molar-refractivity contribution in [1.82, 2.24) is 9.78 Å². The van der Waals surface area contributed by atoms with Crippen molar-refractivity contribution in [1.29, 1.82) is 0 Å². The minimum absolute atomic E-state index is 0.509. The van der Waals surface area contributed by atoms with E-state index in [0.29, 0.717) is 11.4 Å². The second-order valence-corrected chi connectivity index (χ2v) is 6.09. The number of aromatic nitrogens is 2. The van der Waals surface area contributed by atoms with Crippen molar-refractivity contribution in [2.24, 2.45) is 0 Å². The number of hydrogen-bond donors (Lipinski definition) is 1. The van der Waals surface area contributed by atoms with Crippen molar-refractivity contribution >= 4 is 27.5 Å². The van der Waals surface area contributed by atoms with Crippen LogP contribution >= 0.6 is 27.5 Å². The van der Waals surface area contributed by atoms with E-state index in [2.05, 4.69) is 21.0 Å². The molecule has 1 unspecified atom stereocenters. The van der Waals surface area contributed by atoms with Crippen LogP contribution in [0.25, 0.3) is 0 Å². The van der Waals surface area contributed by atoms with Crippen LogP contribution in [0.5, 0.6) is 0 Å². The highest BCUT2D eigenvalue weighted by Gasteiger charge is 2.17. The molecule has 0 bridgehead atoms. The summed E-state index contributed by atoms with van der Waals surface area (Å²) >= 11 is 9.67. The summed E-state index contributed by atoms with van der Waals surface area (Å²) in [6.07, 6.45) is -0.0833. The predicted molar refractivity (Wildman–Crippen MR) is 85.2 cm³/mol. The van der Waals surface area contributed by atoms with E-state index >= 15 is 0 Å². The fourth-order valence-corrected chi connectivity index (χ4v) is 2.82. The number of hydrogen-bond acceptors (Lipinski definition) is 2. The summed E-state index contributed by atoms with van der Waals surface area (Å²) in [6.45, 7) is 6.72. The Kier molecular flexibility index (Phi) is 4.89. The van der Waals surface area contributed by atoms with Crippen LogP contribution in [-0.4, -0.2) is 14.9 Å². The SMILES string of the molecule is CCn1nc(C)c(Br)c1CC(O)c1ccc(C)c(Cl)c1. The zero-order valence-corrected chi connectivity index (χ0v) is 14.2. The molecule has 2 rings (SSSR count). The smallest absolute Gasteiger partial charge is 0.0846 e. The van der Waals surface area contributed by atoms with Crippen LogP contribution < -0.4 is 0 Å². The summed E-state index contributed by atoms with van der Waals surface area (Å²) in [5, 5.41) is 15.5. The summed E-state index contributed by atoms with van der Waals surface area (Å²) in [4.78, 5) is 0. The fourth-order valence-electron chi connectivity index (χ4n) is 2.18. The number of aryl methyl sites for hydroxylation is 3. The zero-order chi connectivity index (χ0) is 14.9. The molecule has 108 valence electrons. The van der Waals surface area contributed by atoms with Gasteiger partial charge in [0.1, 0.15) is 0 Å². The molecular weight excluding hydrogens is 340 g/mol. The van der Waals surface area contributed by atoms with Gasteiger partial charge in [0.25, 0.3) is 0 Å². The Morgan fingerprint density at radius 2 is 2.10 bits per heavy atom. The van der Waals surface area contributed by atoms with E-state index in [1.54, 1.807) is 0 Å². The molecule has 1 aromatic heterocycles. The molecule has 3 nitrogen and oxygen atoms in total. The third kappa shape index (κ3) is 3.08. The van der Waals surface area contributed by atoms with Gasteiger partial charge in [-0.15, -0.1) is 0 Å². The average molecular weight is 358 g/mol. The second-order valence-electron chi connectivity index (χ2n) is 4.89. The van der Waals surface area contributed by atoms with E-state index in [1.807, 2.05) is 43.7 Å². The van der Waals surface area contributed by atoms with Crippen molar-refractivity contribution in [2.75, 3.05) is 0 Å². The summed E-state index contributed by atoms with van der Waals surface area (Å²) in [5.41, 5.74) is 3.79. The van der Waals surface area contributed by atoms with Crippen molar-refractivity contribution in [3.05, 3.63) is 50.2 Å². The lowest BCUT2D eigenvalue weighted by Crippen LogP contribution is -2.09. The lowest BCUT2D eigenvalue weighted by molar-refractivity contribution is 0.175. The maximum absolute atomic E-state index is 10.4. The maximum atomic E-state index is 10.4. The molecule has 0 radical (unpaired) electrons. The zero-order valence-electron chi connectivity index (χ0n) is 11.8. The van der Waals surface area contributed by atoms with Gasteiger partial charge in [-0.05, 0) is 53.9 Å². The normalized spacial score (nSPS) is 12.7. The summed E-state index contributed by atoms with van der Waals surface area (Å²) in [5.74, 6) is 0. The molecule has 0 aliphatic carbocycles. The van der Waals surface area contributed by atoms with Gasteiger partial charge in [0, 0.05) is 18.0 Å². The molecule has 0 spiro atoms. The van der Waals surface area contributed by atoms with Gasteiger partial charge >= 0.3 is 0 Å². The first kappa shape index (κ1) is 15.5. The van der Waals surface area contributed by atoms with Crippen molar-refractivity contribution in [3.63, 3.8) is 0 Å². The Balaban J connectivity index is 2.27. The van der Waals surface area contributed by atoms with Gasteiger partial charge in [0.05, 0.1) is 22.0 Å². The molecular formula is C15H18BrClN2O. The van der Waals surface area contributed by atoms with E-state index in [9.17, 15) is 5.11 Å². The lowest BCUT2D eigenvalue weighted by atomic mass is 10.0. The summed E-state index contributed by atoms with van der Waals surface area (Å²) in [6, 6.07) is 5.67. The molecule has 1 heterocycles. The second kappa shape index (κ2) is 6.29. The molecule has 5 heteroatoms. The van der Waals surface area contributed by atoms with Gasteiger partial charge in [-0.3, -0.25) is 4.68 Å². The van der Waals surface area contributed by atoms with E-state index in [1.165, 1.54) is 0 Å². The van der Waals surface area contributed by atoms with E-state index < -0.39 is 6.10 Å². The Morgan fingerprint density at radius 3 is 2.70 bits per heavy atom. The number of nitrogens with zero attached hydrogens (tertiary/aromatic N) is 2. The van der Waals surface area contributed by atoms with Gasteiger partial charge < -0.3 is 5.11 Å². The molecule has 0 saturated carbocycles.